The maximum atomic E-state index is 11.5. The van der Waals surface area contributed by atoms with Crippen molar-refractivity contribution in [3.8, 4) is 0 Å². The molecule has 0 aromatic heterocycles. The molecule has 1 aliphatic rings. The molecule has 2 unspecified atom stereocenters. The van der Waals surface area contributed by atoms with Gasteiger partial charge in [-0.15, -0.1) is 0 Å². The topological polar surface area (TPSA) is 125 Å². The van der Waals surface area contributed by atoms with E-state index < -0.39 is 23.9 Å². The van der Waals surface area contributed by atoms with Gasteiger partial charge in [0, 0.05) is 19.4 Å². The summed E-state index contributed by atoms with van der Waals surface area (Å²) in [5.41, 5.74) is 0. The summed E-state index contributed by atoms with van der Waals surface area (Å²) in [4.78, 5) is 44.2. The first kappa shape index (κ1) is 14.9. The lowest BCUT2D eigenvalue weighted by Gasteiger charge is -2.22. The van der Waals surface area contributed by atoms with E-state index in [9.17, 15) is 19.2 Å². The highest BCUT2D eigenvalue weighted by molar-refractivity contribution is 6.01. The Kier molecular flexibility index (Phi) is 5.28. The van der Waals surface area contributed by atoms with Gasteiger partial charge in [-0.1, -0.05) is 6.92 Å². The molecule has 1 saturated heterocycles. The Morgan fingerprint density at radius 1 is 1.47 bits per heavy atom. The van der Waals surface area contributed by atoms with Crippen molar-refractivity contribution in [2.24, 2.45) is 5.92 Å². The van der Waals surface area contributed by atoms with Crippen molar-refractivity contribution >= 4 is 23.8 Å². The van der Waals surface area contributed by atoms with Crippen LogP contribution in [0.2, 0.25) is 0 Å². The van der Waals surface area contributed by atoms with Gasteiger partial charge in [-0.05, 0) is 12.3 Å². The number of carboxylic acid groups (broad SMARTS) is 1. The minimum Gasteiger partial charge on any atom is -0.481 e. The summed E-state index contributed by atoms with van der Waals surface area (Å²) in [6.07, 6.45) is 0.410. The van der Waals surface area contributed by atoms with Crippen LogP contribution in [-0.2, 0) is 14.4 Å². The Hall–Kier alpha value is -2.12. The second-order valence-electron chi connectivity index (χ2n) is 4.56. The Morgan fingerprint density at radius 2 is 2.16 bits per heavy atom. The van der Waals surface area contributed by atoms with Gasteiger partial charge >= 0.3 is 12.0 Å². The molecule has 8 heteroatoms. The molecule has 0 aromatic rings. The number of piperidine rings is 1. The summed E-state index contributed by atoms with van der Waals surface area (Å²) in [5, 5.41) is 15.6. The quantitative estimate of drug-likeness (QED) is 0.487. The van der Waals surface area contributed by atoms with Crippen molar-refractivity contribution in [1.29, 1.82) is 0 Å². The van der Waals surface area contributed by atoms with E-state index in [1.54, 1.807) is 6.92 Å². The zero-order chi connectivity index (χ0) is 14.4. The van der Waals surface area contributed by atoms with Gasteiger partial charge in [0.25, 0.3) is 0 Å². The fraction of sp³-hybridized carbons (Fsp3) is 0.636. The molecule has 19 heavy (non-hydrogen) atoms. The molecule has 1 rings (SSSR count). The molecule has 0 radical (unpaired) electrons. The van der Waals surface area contributed by atoms with Crippen LogP contribution in [0.1, 0.15) is 26.2 Å². The van der Waals surface area contributed by atoms with E-state index in [0.29, 0.717) is 0 Å². The third-order valence-electron chi connectivity index (χ3n) is 2.68. The summed E-state index contributed by atoms with van der Waals surface area (Å²) in [5.74, 6) is -2.01. The van der Waals surface area contributed by atoms with Gasteiger partial charge in [0.15, 0.2) is 0 Å². The van der Waals surface area contributed by atoms with E-state index in [1.165, 1.54) is 0 Å². The molecule has 1 aliphatic heterocycles. The molecule has 4 amide bonds. The molecule has 4 N–H and O–H groups in total. The van der Waals surface area contributed by atoms with Crippen LogP contribution in [0.4, 0.5) is 4.79 Å². The first-order valence-electron chi connectivity index (χ1n) is 5.98. The predicted molar refractivity (Wildman–Crippen MR) is 64.1 cm³/mol. The molecule has 0 saturated carbocycles. The Morgan fingerprint density at radius 3 is 2.74 bits per heavy atom. The number of nitrogens with one attached hydrogen (secondary N) is 3. The van der Waals surface area contributed by atoms with E-state index in [-0.39, 0.29) is 37.6 Å². The number of imide groups is 1. The average Bonchev–Trinajstić information content (AvgIpc) is 2.29. The second-order valence-corrected chi connectivity index (χ2v) is 4.56. The Labute approximate surface area is 109 Å². The van der Waals surface area contributed by atoms with Crippen molar-refractivity contribution in [3.63, 3.8) is 0 Å². The number of carbonyl (C=O) groups is 4. The van der Waals surface area contributed by atoms with Crippen LogP contribution >= 0.6 is 0 Å². The smallest absolute Gasteiger partial charge is 0.315 e. The van der Waals surface area contributed by atoms with Gasteiger partial charge < -0.3 is 15.7 Å². The molecule has 2 atom stereocenters. The number of rotatable bonds is 5. The van der Waals surface area contributed by atoms with Crippen LogP contribution in [0.5, 0.6) is 0 Å². The number of urea groups is 1. The van der Waals surface area contributed by atoms with E-state index in [4.69, 9.17) is 5.11 Å². The minimum absolute atomic E-state index is 0.0430. The molecule has 0 aromatic carbocycles. The van der Waals surface area contributed by atoms with Crippen molar-refractivity contribution in [2.75, 3.05) is 6.54 Å². The first-order chi connectivity index (χ1) is 8.88. The molecule has 0 spiro atoms. The van der Waals surface area contributed by atoms with Gasteiger partial charge in [-0.25, -0.2) is 4.79 Å². The lowest BCUT2D eigenvalue weighted by molar-refractivity contribution is -0.138. The second kappa shape index (κ2) is 6.72. The van der Waals surface area contributed by atoms with Crippen molar-refractivity contribution in [1.82, 2.24) is 16.0 Å². The summed E-state index contributed by atoms with van der Waals surface area (Å²) >= 11 is 0. The fourth-order valence-corrected chi connectivity index (χ4v) is 1.68. The Balaban J connectivity index is 2.29. The van der Waals surface area contributed by atoms with Gasteiger partial charge in [-0.3, -0.25) is 19.7 Å². The number of carbonyl (C=O) groups excluding carboxylic acids is 3. The molecular formula is C11H17N3O5. The molecule has 0 bridgehead atoms. The van der Waals surface area contributed by atoms with Crippen molar-refractivity contribution < 1.29 is 24.3 Å². The molecule has 106 valence electrons. The summed E-state index contributed by atoms with van der Waals surface area (Å²) in [7, 11) is 0. The van der Waals surface area contributed by atoms with E-state index in [0.717, 1.165) is 0 Å². The summed E-state index contributed by atoms with van der Waals surface area (Å²) < 4.78 is 0. The monoisotopic (exact) mass is 271 g/mol. The highest BCUT2D eigenvalue weighted by atomic mass is 16.4. The average molecular weight is 271 g/mol. The lowest BCUT2D eigenvalue weighted by atomic mass is 10.1. The van der Waals surface area contributed by atoms with Crippen LogP contribution in [0.3, 0.4) is 0 Å². The van der Waals surface area contributed by atoms with Crippen LogP contribution in [0, 0.1) is 5.92 Å². The maximum Gasteiger partial charge on any atom is 0.315 e. The van der Waals surface area contributed by atoms with Gasteiger partial charge in [0.05, 0.1) is 0 Å². The van der Waals surface area contributed by atoms with Gasteiger partial charge in [0.2, 0.25) is 11.8 Å². The van der Waals surface area contributed by atoms with Crippen LogP contribution in [-0.4, -0.2) is 41.5 Å². The lowest BCUT2D eigenvalue weighted by Crippen LogP contribution is -2.54. The standard InChI is InChI=1S/C11H17N3O5/c1-6(4-9(16)17)5-12-11(19)13-7-2-3-8(15)14-10(7)18/h6-7H,2-5H2,1H3,(H,16,17)(H2,12,13,19)(H,14,15,18). The molecule has 8 nitrogen and oxygen atoms in total. The van der Waals surface area contributed by atoms with Gasteiger partial charge in [0.1, 0.15) is 6.04 Å². The van der Waals surface area contributed by atoms with Crippen molar-refractivity contribution in [2.45, 2.75) is 32.2 Å². The molecule has 0 aliphatic carbocycles. The minimum atomic E-state index is -0.931. The number of aliphatic carboxylic acids is 1. The normalized spacial score (nSPS) is 20.4. The fourth-order valence-electron chi connectivity index (χ4n) is 1.68. The van der Waals surface area contributed by atoms with Gasteiger partial charge in [-0.2, -0.15) is 0 Å². The first-order valence-corrected chi connectivity index (χ1v) is 5.98. The third kappa shape index (κ3) is 5.36. The largest absolute Gasteiger partial charge is 0.481 e. The number of hydrogen-bond donors (Lipinski definition) is 4. The van der Waals surface area contributed by atoms with Crippen LogP contribution in [0.25, 0.3) is 0 Å². The summed E-state index contributed by atoms with van der Waals surface area (Å²) in [6.45, 7) is 1.89. The van der Waals surface area contributed by atoms with Crippen LogP contribution < -0.4 is 16.0 Å². The van der Waals surface area contributed by atoms with Crippen molar-refractivity contribution in [3.05, 3.63) is 0 Å². The number of amides is 4. The zero-order valence-electron chi connectivity index (χ0n) is 10.6. The number of hydrogen-bond acceptors (Lipinski definition) is 4. The van der Waals surface area contributed by atoms with E-state index in [2.05, 4.69) is 16.0 Å². The predicted octanol–water partition coefficient (Wildman–Crippen LogP) is -0.798. The van der Waals surface area contributed by atoms with E-state index in [1.807, 2.05) is 0 Å². The van der Waals surface area contributed by atoms with E-state index >= 15 is 0 Å². The number of carboxylic acids is 1. The maximum absolute atomic E-state index is 11.5. The third-order valence-corrected chi connectivity index (χ3v) is 2.68. The zero-order valence-corrected chi connectivity index (χ0v) is 10.6. The highest BCUT2D eigenvalue weighted by Crippen LogP contribution is 2.04. The van der Waals surface area contributed by atoms with Crippen LogP contribution in [0.15, 0.2) is 0 Å². The Bertz CT molecular complexity index is 396. The summed E-state index contributed by atoms with van der Waals surface area (Å²) in [6, 6.07) is -1.28. The molecular weight excluding hydrogens is 254 g/mol. The molecule has 1 fully saturated rings. The SMILES string of the molecule is CC(CNC(=O)NC1CCC(=O)NC1=O)CC(=O)O. The molecule has 1 heterocycles. The highest BCUT2D eigenvalue weighted by Gasteiger charge is 2.27.